The van der Waals surface area contributed by atoms with Crippen LogP contribution in [-0.2, 0) is 4.79 Å². The maximum absolute atomic E-state index is 12.2. The van der Waals surface area contributed by atoms with E-state index in [1.165, 1.54) is 12.8 Å². The molecule has 1 aliphatic carbocycles. The van der Waals surface area contributed by atoms with Crippen molar-refractivity contribution in [1.82, 2.24) is 4.90 Å². The fraction of sp³-hybridized carbons (Fsp3) is 0.529. The van der Waals surface area contributed by atoms with Crippen LogP contribution >= 0.6 is 0 Å². The van der Waals surface area contributed by atoms with E-state index in [-0.39, 0.29) is 17.9 Å². The van der Waals surface area contributed by atoms with Crippen molar-refractivity contribution < 1.29 is 9.59 Å². The number of likely N-dealkylation sites (tertiary alicyclic amines) is 1. The minimum Gasteiger partial charge on any atom is -0.326 e. The third-order valence-corrected chi connectivity index (χ3v) is 4.25. The Hall–Kier alpha value is -2.04. The third kappa shape index (κ3) is 4.00. The first kappa shape index (κ1) is 14.9. The molecule has 3 rings (SSSR count). The number of carbonyl (C=O) groups excluding carboxylic acids is 2. The summed E-state index contributed by atoms with van der Waals surface area (Å²) in [5, 5.41) is 5.82. The van der Waals surface area contributed by atoms with Crippen LogP contribution in [0.1, 0.15) is 38.5 Å². The predicted molar refractivity (Wildman–Crippen MR) is 86.9 cm³/mol. The molecular weight excluding hydrogens is 278 g/mol. The van der Waals surface area contributed by atoms with E-state index in [1.54, 1.807) is 0 Å². The van der Waals surface area contributed by atoms with E-state index < -0.39 is 0 Å². The van der Waals surface area contributed by atoms with Crippen LogP contribution in [-0.4, -0.2) is 29.9 Å². The molecule has 0 atom stereocenters. The highest BCUT2D eigenvalue weighted by Gasteiger charge is 2.29. The van der Waals surface area contributed by atoms with Crippen LogP contribution in [0.15, 0.2) is 24.3 Å². The molecule has 1 saturated heterocycles. The summed E-state index contributed by atoms with van der Waals surface area (Å²) < 4.78 is 0. The van der Waals surface area contributed by atoms with Crippen molar-refractivity contribution in [1.29, 1.82) is 0 Å². The fourth-order valence-electron chi connectivity index (χ4n) is 2.70. The van der Waals surface area contributed by atoms with Gasteiger partial charge in [-0.2, -0.15) is 0 Å². The molecule has 0 aromatic heterocycles. The van der Waals surface area contributed by atoms with Gasteiger partial charge in [-0.3, -0.25) is 4.79 Å². The Morgan fingerprint density at radius 1 is 0.864 bits per heavy atom. The molecule has 0 unspecified atom stereocenters. The van der Waals surface area contributed by atoms with Crippen LogP contribution in [0.5, 0.6) is 0 Å². The summed E-state index contributed by atoms with van der Waals surface area (Å²) in [5.41, 5.74) is 1.54. The number of hydrogen-bond donors (Lipinski definition) is 2. The molecule has 1 aliphatic heterocycles. The standard InChI is InChI=1S/C17H23N3O2/c21-16(13-5-6-13)18-14-7-9-15(10-8-14)19-17(22)20-11-3-1-2-4-12-20/h7-10,13H,1-6,11-12H2,(H,18,21)(H,19,22). The predicted octanol–water partition coefficient (Wildman–Crippen LogP) is 3.44. The molecule has 1 aromatic carbocycles. The van der Waals surface area contributed by atoms with E-state index in [9.17, 15) is 9.59 Å². The Bertz CT molecular complexity index is 529. The molecule has 2 N–H and O–H groups in total. The highest BCUT2D eigenvalue weighted by atomic mass is 16.2. The molecule has 3 amide bonds. The fourth-order valence-corrected chi connectivity index (χ4v) is 2.70. The summed E-state index contributed by atoms with van der Waals surface area (Å²) in [4.78, 5) is 25.8. The number of nitrogens with one attached hydrogen (secondary N) is 2. The summed E-state index contributed by atoms with van der Waals surface area (Å²) in [7, 11) is 0. The molecule has 2 aliphatic rings. The molecule has 0 bridgehead atoms. The lowest BCUT2D eigenvalue weighted by molar-refractivity contribution is -0.117. The molecule has 0 radical (unpaired) electrons. The van der Waals surface area contributed by atoms with Crippen molar-refractivity contribution in [2.24, 2.45) is 5.92 Å². The highest BCUT2D eigenvalue weighted by Crippen LogP contribution is 2.30. The van der Waals surface area contributed by atoms with Gasteiger partial charge >= 0.3 is 6.03 Å². The number of hydrogen-bond acceptors (Lipinski definition) is 2. The summed E-state index contributed by atoms with van der Waals surface area (Å²) >= 11 is 0. The summed E-state index contributed by atoms with van der Waals surface area (Å²) in [6, 6.07) is 7.30. The maximum Gasteiger partial charge on any atom is 0.321 e. The van der Waals surface area contributed by atoms with Gasteiger partial charge in [0.1, 0.15) is 0 Å². The van der Waals surface area contributed by atoms with E-state index in [4.69, 9.17) is 0 Å². The van der Waals surface area contributed by atoms with Crippen LogP contribution in [0, 0.1) is 5.92 Å². The Morgan fingerprint density at radius 3 is 1.95 bits per heavy atom. The minimum absolute atomic E-state index is 0.0309. The number of benzene rings is 1. The zero-order chi connectivity index (χ0) is 15.4. The van der Waals surface area contributed by atoms with Gasteiger partial charge in [0.2, 0.25) is 5.91 Å². The second-order valence-electron chi connectivity index (χ2n) is 6.17. The molecule has 1 heterocycles. The summed E-state index contributed by atoms with van der Waals surface area (Å²) in [5.74, 6) is 0.295. The first-order chi connectivity index (χ1) is 10.7. The second kappa shape index (κ2) is 6.81. The van der Waals surface area contributed by atoms with Crippen molar-refractivity contribution in [3.63, 3.8) is 0 Å². The topological polar surface area (TPSA) is 61.4 Å². The Balaban J connectivity index is 1.53. The van der Waals surface area contributed by atoms with Crippen LogP contribution in [0.2, 0.25) is 0 Å². The van der Waals surface area contributed by atoms with E-state index in [1.807, 2.05) is 29.2 Å². The van der Waals surface area contributed by atoms with Crippen molar-refractivity contribution >= 4 is 23.3 Å². The zero-order valence-corrected chi connectivity index (χ0v) is 12.8. The van der Waals surface area contributed by atoms with Crippen LogP contribution in [0.3, 0.4) is 0 Å². The van der Waals surface area contributed by atoms with Crippen LogP contribution < -0.4 is 10.6 Å². The Morgan fingerprint density at radius 2 is 1.41 bits per heavy atom. The van der Waals surface area contributed by atoms with E-state index in [2.05, 4.69) is 10.6 Å². The smallest absolute Gasteiger partial charge is 0.321 e. The lowest BCUT2D eigenvalue weighted by Crippen LogP contribution is -2.35. The summed E-state index contributed by atoms with van der Waals surface area (Å²) in [6.45, 7) is 1.67. The van der Waals surface area contributed by atoms with Crippen molar-refractivity contribution in [3.8, 4) is 0 Å². The van der Waals surface area contributed by atoms with Gasteiger partial charge in [0.15, 0.2) is 0 Å². The third-order valence-electron chi connectivity index (χ3n) is 4.25. The molecule has 1 saturated carbocycles. The van der Waals surface area contributed by atoms with Gasteiger partial charge in [-0.25, -0.2) is 4.79 Å². The lowest BCUT2D eigenvalue weighted by Gasteiger charge is -2.20. The zero-order valence-electron chi connectivity index (χ0n) is 12.8. The number of carbonyl (C=O) groups is 2. The van der Waals surface area contributed by atoms with Crippen molar-refractivity contribution in [3.05, 3.63) is 24.3 Å². The molecule has 5 nitrogen and oxygen atoms in total. The quantitative estimate of drug-likeness (QED) is 0.898. The van der Waals surface area contributed by atoms with Gasteiger partial charge in [-0.1, -0.05) is 12.8 Å². The molecule has 0 spiro atoms. The SMILES string of the molecule is O=C(Nc1ccc(NC(=O)N2CCCCCC2)cc1)C1CC1. The average Bonchev–Trinajstić information content (AvgIpc) is 3.36. The number of nitrogens with zero attached hydrogens (tertiary/aromatic N) is 1. The van der Waals surface area contributed by atoms with Gasteiger partial charge < -0.3 is 15.5 Å². The first-order valence-electron chi connectivity index (χ1n) is 8.19. The van der Waals surface area contributed by atoms with Gasteiger partial charge in [0.25, 0.3) is 0 Å². The normalized spacial score (nSPS) is 18.5. The number of amides is 3. The molecule has 2 fully saturated rings. The Kier molecular flexibility index (Phi) is 4.61. The molecule has 1 aromatic rings. The van der Waals surface area contributed by atoms with Crippen molar-refractivity contribution in [2.45, 2.75) is 38.5 Å². The molecule has 118 valence electrons. The summed E-state index contributed by atoms with van der Waals surface area (Å²) in [6.07, 6.45) is 6.57. The van der Waals surface area contributed by atoms with Gasteiger partial charge in [-0.05, 0) is 49.9 Å². The number of urea groups is 1. The van der Waals surface area contributed by atoms with Gasteiger partial charge in [0.05, 0.1) is 0 Å². The maximum atomic E-state index is 12.2. The van der Waals surface area contributed by atoms with Gasteiger partial charge in [-0.15, -0.1) is 0 Å². The van der Waals surface area contributed by atoms with Crippen molar-refractivity contribution in [2.75, 3.05) is 23.7 Å². The molecule has 5 heteroatoms. The second-order valence-corrected chi connectivity index (χ2v) is 6.17. The van der Waals surface area contributed by atoms with E-state index in [0.29, 0.717) is 0 Å². The first-order valence-corrected chi connectivity index (χ1v) is 8.19. The minimum atomic E-state index is -0.0309. The number of anilines is 2. The van der Waals surface area contributed by atoms with E-state index in [0.717, 1.165) is 50.1 Å². The van der Waals surface area contributed by atoms with Crippen LogP contribution in [0.25, 0.3) is 0 Å². The lowest BCUT2D eigenvalue weighted by atomic mass is 10.2. The number of rotatable bonds is 3. The largest absolute Gasteiger partial charge is 0.326 e. The Labute approximate surface area is 131 Å². The van der Waals surface area contributed by atoms with E-state index >= 15 is 0 Å². The van der Waals surface area contributed by atoms with Crippen LogP contribution in [0.4, 0.5) is 16.2 Å². The monoisotopic (exact) mass is 301 g/mol. The highest BCUT2D eigenvalue weighted by molar-refractivity contribution is 5.94. The van der Waals surface area contributed by atoms with Gasteiger partial charge in [0, 0.05) is 30.4 Å². The molecule has 22 heavy (non-hydrogen) atoms. The molecular formula is C17H23N3O2. The average molecular weight is 301 g/mol.